The SMILES string of the molecule is CCC(CC)C(CCc1ccco1)NC. The number of nitrogens with one attached hydrogen (secondary N) is 1. The molecule has 1 aromatic rings. The Kier molecular flexibility index (Phi) is 5.48. The van der Waals surface area contributed by atoms with Gasteiger partial charge in [-0.05, 0) is 31.5 Å². The molecule has 1 aromatic heterocycles. The van der Waals surface area contributed by atoms with Gasteiger partial charge in [0.15, 0.2) is 0 Å². The van der Waals surface area contributed by atoms with E-state index in [1.54, 1.807) is 6.26 Å². The van der Waals surface area contributed by atoms with Crippen LogP contribution >= 0.6 is 0 Å². The van der Waals surface area contributed by atoms with Gasteiger partial charge in [0.05, 0.1) is 6.26 Å². The summed E-state index contributed by atoms with van der Waals surface area (Å²) in [5.41, 5.74) is 0. The number of hydrogen-bond donors (Lipinski definition) is 1. The van der Waals surface area contributed by atoms with Crippen LogP contribution in [-0.4, -0.2) is 13.1 Å². The van der Waals surface area contributed by atoms with E-state index in [-0.39, 0.29) is 0 Å². The molecule has 1 N–H and O–H groups in total. The van der Waals surface area contributed by atoms with Crippen LogP contribution < -0.4 is 5.32 Å². The molecule has 2 nitrogen and oxygen atoms in total. The summed E-state index contributed by atoms with van der Waals surface area (Å²) in [4.78, 5) is 0. The standard InChI is InChI=1S/C13H23NO/c1-4-11(5-2)13(14-3)9-8-12-7-6-10-15-12/h6-7,10-11,13-14H,4-5,8-9H2,1-3H3. The molecule has 1 unspecified atom stereocenters. The molecular formula is C13H23NO. The Bertz CT molecular complexity index is 239. The van der Waals surface area contributed by atoms with Gasteiger partial charge in [-0.1, -0.05) is 26.7 Å². The van der Waals surface area contributed by atoms with E-state index >= 15 is 0 Å². The zero-order chi connectivity index (χ0) is 11.1. The van der Waals surface area contributed by atoms with E-state index in [9.17, 15) is 0 Å². The van der Waals surface area contributed by atoms with E-state index < -0.39 is 0 Å². The maximum Gasteiger partial charge on any atom is 0.103 e. The molecule has 0 radical (unpaired) electrons. The van der Waals surface area contributed by atoms with Gasteiger partial charge in [-0.15, -0.1) is 0 Å². The van der Waals surface area contributed by atoms with Crippen LogP contribution in [0, 0.1) is 5.92 Å². The van der Waals surface area contributed by atoms with Crippen molar-refractivity contribution in [3.05, 3.63) is 24.2 Å². The van der Waals surface area contributed by atoms with E-state index in [2.05, 4.69) is 32.3 Å². The van der Waals surface area contributed by atoms with Crippen LogP contribution in [0.15, 0.2) is 22.8 Å². The summed E-state index contributed by atoms with van der Waals surface area (Å²) in [7, 11) is 2.06. The number of furan rings is 1. The fourth-order valence-electron chi connectivity index (χ4n) is 2.23. The predicted molar refractivity (Wildman–Crippen MR) is 63.9 cm³/mol. The molecule has 0 saturated heterocycles. The molecule has 86 valence electrons. The summed E-state index contributed by atoms with van der Waals surface area (Å²) in [6, 6.07) is 4.63. The average molecular weight is 209 g/mol. The van der Waals surface area contributed by atoms with Crippen molar-refractivity contribution in [2.24, 2.45) is 5.92 Å². The van der Waals surface area contributed by atoms with Crippen molar-refractivity contribution in [2.75, 3.05) is 7.05 Å². The van der Waals surface area contributed by atoms with Gasteiger partial charge in [0.25, 0.3) is 0 Å². The fourth-order valence-corrected chi connectivity index (χ4v) is 2.23. The van der Waals surface area contributed by atoms with Crippen molar-refractivity contribution in [1.82, 2.24) is 5.32 Å². The maximum absolute atomic E-state index is 5.35. The van der Waals surface area contributed by atoms with Crippen LogP contribution in [0.3, 0.4) is 0 Å². The van der Waals surface area contributed by atoms with Crippen LogP contribution in [-0.2, 0) is 6.42 Å². The summed E-state index contributed by atoms with van der Waals surface area (Å²) < 4.78 is 5.35. The summed E-state index contributed by atoms with van der Waals surface area (Å²) in [5.74, 6) is 1.88. The van der Waals surface area contributed by atoms with Gasteiger partial charge in [0, 0.05) is 12.5 Å². The second-order valence-electron chi connectivity index (χ2n) is 4.09. The van der Waals surface area contributed by atoms with Gasteiger partial charge in [0.2, 0.25) is 0 Å². The van der Waals surface area contributed by atoms with Gasteiger partial charge < -0.3 is 9.73 Å². The Hall–Kier alpha value is -0.760. The zero-order valence-electron chi connectivity index (χ0n) is 10.1. The van der Waals surface area contributed by atoms with Crippen molar-refractivity contribution >= 4 is 0 Å². The highest BCUT2D eigenvalue weighted by Crippen LogP contribution is 2.17. The van der Waals surface area contributed by atoms with Crippen molar-refractivity contribution in [3.8, 4) is 0 Å². The molecule has 0 aliphatic rings. The molecule has 0 saturated carbocycles. The highest BCUT2D eigenvalue weighted by molar-refractivity contribution is 4.98. The average Bonchev–Trinajstić information content (AvgIpc) is 2.77. The third-order valence-corrected chi connectivity index (χ3v) is 3.27. The first-order chi connectivity index (χ1) is 7.31. The Balaban J connectivity index is 2.39. The minimum atomic E-state index is 0.616. The lowest BCUT2D eigenvalue weighted by molar-refractivity contribution is 0.327. The van der Waals surface area contributed by atoms with Crippen molar-refractivity contribution in [2.45, 2.75) is 45.6 Å². The molecule has 0 bridgehead atoms. The zero-order valence-corrected chi connectivity index (χ0v) is 10.1. The molecule has 0 fully saturated rings. The van der Waals surface area contributed by atoms with Crippen LogP contribution in [0.2, 0.25) is 0 Å². The van der Waals surface area contributed by atoms with Crippen LogP contribution in [0.25, 0.3) is 0 Å². The summed E-state index contributed by atoms with van der Waals surface area (Å²) in [6.07, 6.45) is 6.45. The van der Waals surface area contributed by atoms with Crippen LogP contribution in [0.1, 0.15) is 38.9 Å². The normalized spacial score (nSPS) is 13.3. The molecule has 1 rings (SSSR count). The molecule has 1 atom stereocenters. The van der Waals surface area contributed by atoms with Crippen LogP contribution in [0.4, 0.5) is 0 Å². The van der Waals surface area contributed by atoms with E-state index in [4.69, 9.17) is 4.42 Å². The van der Waals surface area contributed by atoms with Gasteiger partial charge in [0.1, 0.15) is 5.76 Å². The van der Waals surface area contributed by atoms with Gasteiger partial charge in [-0.25, -0.2) is 0 Å². The number of aryl methyl sites for hydroxylation is 1. The fraction of sp³-hybridized carbons (Fsp3) is 0.692. The molecule has 0 aromatic carbocycles. The molecule has 0 amide bonds. The lowest BCUT2D eigenvalue weighted by Gasteiger charge is -2.24. The smallest absolute Gasteiger partial charge is 0.103 e. The molecular weight excluding hydrogens is 186 g/mol. The van der Waals surface area contributed by atoms with E-state index in [1.165, 1.54) is 12.8 Å². The topological polar surface area (TPSA) is 25.2 Å². The van der Waals surface area contributed by atoms with E-state index in [0.717, 1.165) is 24.5 Å². The first-order valence-corrected chi connectivity index (χ1v) is 6.01. The highest BCUT2D eigenvalue weighted by Gasteiger charge is 2.16. The minimum Gasteiger partial charge on any atom is -0.469 e. The van der Waals surface area contributed by atoms with Gasteiger partial charge >= 0.3 is 0 Å². The Labute approximate surface area is 93.1 Å². The molecule has 1 heterocycles. The van der Waals surface area contributed by atoms with E-state index in [0.29, 0.717) is 6.04 Å². The van der Waals surface area contributed by atoms with Gasteiger partial charge in [-0.3, -0.25) is 0 Å². The third-order valence-electron chi connectivity index (χ3n) is 3.27. The maximum atomic E-state index is 5.35. The Morgan fingerprint density at radius 1 is 1.33 bits per heavy atom. The van der Waals surface area contributed by atoms with Crippen LogP contribution in [0.5, 0.6) is 0 Å². The summed E-state index contributed by atoms with van der Waals surface area (Å²) in [6.45, 7) is 4.54. The summed E-state index contributed by atoms with van der Waals surface area (Å²) >= 11 is 0. The molecule has 15 heavy (non-hydrogen) atoms. The molecule has 2 heteroatoms. The molecule has 0 aliphatic heterocycles. The van der Waals surface area contributed by atoms with Gasteiger partial charge in [-0.2, -0.15) is 0 Å². The van der Waals surface area contributed by atoms with E-state index in [1.807, 2.05) is 6.07 Å². The quantitative estimate of drug-likeness (QED) is 0.745. The monoisotopic (exact) mass is 209 g/mol. The summed E-state index contributed by atoms with van der Waals surface area (Å²) in [5, 5.41) is 3.42. The number of hydrogen-bond acceptors (Lipinski definition) is 2. The second kappa shape index (κ2) is 6.67. The second-order valence-corrected chi connectivity index (χ2v) is 4.09. The van der Waals surface area contributed by atoms with Crippen molar-refractivity contribution in [3.63, 3.8) is 0 Å². The Morgan fingerprint density at radius 3 is 2.53 bits per heavy atom. The third kappa shape index (κ3) is 3.71. The first-order valence-electron chi connectivity index (χ1n) is 6.01. The molecule has 0 aliphatic carbocycles. The first kappa shape index (κ1) is 12.3. The molecule has 0 spiro atoms. The Morgan fingerprint density at radius 2 is 2.07 bits per heavy atom. The lowest BCUT2D eigenvalue weighted by atomic mass is 9.91. The largest absolute Gasteiger partial charge is 0.469 e. The van der Waals surface area contributed by atoms with Crippen molar-refractivity contribution in [1.29, 1.82) is 0 Å². The van der Waals surface area contributed by atoms with Crippen molar-refractivity contribution < 1.29 is 4.42 Å². The number of rotatable bonds is 7. The predicted octanol–water partition coefficient (Wildman–Crippen LogP) is 3.24. The lowest BCUT2D eigenvalue weighted by Crippen LogP contribution is -2.33. The highest BCUT2D eigenvalue weighted by atomic mass is 16.3. The minimum absolute atomic E-state index is 0.616.